The van der Waals surface area contributed by atoms with Crippen LogP contribution in [0.2, 0.25) is 0 Å². The van der Waals surface area contributed by atoms with E-state index < -0.39 is 0 Å². The second-order valence-corrected chi connectivity index (χ2v) is 7.21. The van der Waals surface area contributed by atoms with Crippen molar-refractivity contribution >= 4 is 18.3 Å². The third-order valence-electron chi connectivity index (χ3n) is 4.90. The van der Waals surface area contributed by atoms with Gasteiger partial charge in [-0.2, -0.15) is 0 Å². The van der Waals surface area contributed by atoms with E-state index in [1.165, 1.54) is 32.1 Å². The van der Waals surface area contributed by atoms with Gasteiger partial charge in [-0.1, -0.05) is 13.8 Å². The standard InChI is InChI=1S/C17H32N2O.ClH/c1-14(2)12-16-4-3-11-19(13-16)17(20)6-5-15-7-9-18-10-8-15;/h14-16,18H,3-13H2,1-2H3;1H. The molecule has 0 spiro atoms. The number of piperidine rings is 2. The maximum Gasteiger partial charge on any atom is 0.222 e. The van der Waals surface area contributed by atoms with Gasteiger partial charge in [0.05, 0.1) is 0 Å². The maximum absolute atomic E-state index is 12.4. The van der Waals surface area contributed by atoms with Gasteiger partial charge >= 0.3 is 0 Å². The fourth-order valence-electron chi connectivity index (χ4n) is 3.81. The van der Waals surface area contributed by atoms with Gasteiger partial charge in [-0.05, 0) is 69.4 Å². The van der Waals surface area contributed by atoms with E-state index in [0.717, 1.165) is 56.8 Å². The summed E-state index contributed by atoms with van der Waals surface area (Å²) < 4.78 is 0. The topological polar surface area (TPSA) is 32.3 Å². The number of hydrogen-bond donors (Lipinski definition) is 1. The minimum absolute atomic E-state index is 0. The Morgan fingerprint density at radius 1 is 1.19 bits per heavy atom. The molecule has 124 valence electrons. The lowest BCUT2D eigenvalue weighted by molar-refractivity contribution is -0.133. The van der Waals surface area contributed by atoms with E-state index in [2.05, 4.69) is 24.1 Å². The monoisotopic (exact) mass is 316 g/mol. The van der Waals surface area contributed by atoms with Crippen LogP contribution in [0, 0.1) is 17.8 Å². The number of likely N-dealkylation sites (tertiary alicyclic amines) is 1. The van der Waals surface area contributed by atoms with Gasteiger partial charge in [-0.15, -0.1) is 12.4 Å². The van der Waals surface area contributed by atoms with E-state index in [0.29, 0.717) is 5.91 Å². The number of rotatable bonds is 5. The van der Waals surface area contributed by atoms with Crippen LogP contribution in [-0.4, -0.2) is 37.0 Å². The molecule has 0 saturated carbocycles. The molecule has 1 N–H and O–H groups in total. The molecule has 21 heavy (non-hydrogen) atoms. The zero-order chi connectivity index (χ0) is 14.4. The molecule has 1 amide bonds. The molecule has 0 aromatic rings. The highest BCUT2D eigenvalue weighted by Gasteiger charge is 2.24. The number of carbonyl (C=O) groups excluding carboxylic acids is 1. The molecular weight excluding hydrogens is 284 g/mol. The molecule has 4 heteroatoms. The minimum Gasteiger partial charge on any atom is -0.342 e. The predicted octanol–water partition coefficient (Wildman–Crippen LogP) is 3.47. The first-order chi connectivity index (χ1) is 9.65. The molecule has 2 heterocycles. The Morgan fingerprint density at radius 3 is 2.57 bits per heavy atom. The molecule has 0 radical (unpaired) electrons. The zero-order valence-corrected chi connectivity index (χ0v) is 14.6. The zero-order valence-electron chi connectivity index (χ0n) is 13.8. The van der Waals surface area contributed by atoms with Crippen LogP contribution in [0.3, 0.4) is 0 Å². The molecule has 0 aliphatic carbocycles. The summed E-state index contributed by atoms with van der Waals surface area (Å²) >= 11 is 0. The van der Waals surface area contributed by atoms with E-state index in [1.54, 1.807) is 0 Å². The van der Waals surface area contributed by atoms with Crippen molar-refractivity contribution in [3.05, 3.63) is 0 Å². The summed E-state index contributed by atoms with van der Waals surface area (Å²) in [4.78, 5) is 14.5. The van der Waals surface area contributed by atoms with Crippen molar-refractivity contribution in [3.8, 4) is 0 Å². The Labute approximate surface area is 136 Å². The number of nitrogens with one attached hydrogen (secondary N) is 1. The molecule has 0 aromatic heterocycles. The highest BCUT2D eigenvalue weighted by molar-refractivity contribution is 5.85. The van der Waals surface area contributed by atoms with Crippen molar-refractivity contribution in [3.63, 3.8) is 0 Å². The average molecular weight is 317 g/mol. The lowest BCUT2D eigenvalue weighted by atomic mass is 9.89. The second-order valence-electron chi connectivity index (χ2n) is 7.21. The molecule has 2 aliphatic heterocycles. The van der Waals surface area contributed by atoms with E-state index in [4.69, 9.17) is 0 Å². The molecule has 1 atom stereocenters. The summed E-state index contributed by atoms with van der Waals surface area (Å²) in [5.41, 5.74) is 0. The summed E-state index contributed by atoms with van der Waals surface area (Å²) in [5.74, 6) is 2.69. The van der Waals surface area contributed by atoms with Crippen LogP contribution in [0.15, 0.2) is 0 Å². The second kappa shape index (κ2) is 9.68. The van der Waals surface area contributed by atoms with Crippen LogP contribution in [-0.2, 0) is 4.79 Å². The fraction of sp³-hybridized carbons (Fsp3) is 0.941. The van der Waals surface area contributed by atoms with Crippen molar-refractivity contribution in [1.29, 1.82) is 0 Å². The number of hydrogen-bond acceptors (Lipinski definition) is 2. The van der Waals surface area contributed by atoms with Crippen molar-refractivity contribution in [1.82, 2.24) is 10.2 Å². The normalized spacial score (nSPS) is 24.0. The SMILES string of the molecule is CC(C)CC1CCCN(C(=O)CCC2CCNCC2)C1.Cl. The fourth-order valence-corrected chi connectivity index (χ4v) is 3.81. The first kappa shape index (κ1) is 18.8. The molecule has 0 aromatic carbocycles. The summed E-state index contributed by atoms with van der Waals surface area (Å²) in [6.45, 7) is 8.87. The van der Waals surface area contributed by atoms with Gasteiger partial charge in [-0.25, -0.2) is 0 Å². The Kier molecular flexibility index (Phi) is 8.65. The number of amides is 1. The smallest absolute Gasteiger partial charge is 0.222 e. The van der Waals surface area contributed by atoms with Gasteiger partial charge in [0.2, 0.25) is 5.91 Å². The van der Waals surface area contributed by atoms with E-state index in [9.17, 15) is 4.79 Å². The number of halogens is 1. The predicted molar refractivity (Wildman–Crippen MR) is 90.8 cm³/mol. The lowest BCUT2D eigenvalue weighted by Gasteiger charge is -2.34. The van der Waals surface area contributed by atoms with E-state index >= 15 is 0 Å². The van der Waals surface area contributed by atoms with Crippen molar-refractivity contribution in [2.75, 3.05) is 26.2 Å². The lowest BCUT2D eigenvalue weighted by Crippen LogP contribution is -2.40. The molecule has 2 saturated heterocycles. The van der Waals surface area contributed by atoms with Crippen molar-refractivity contribution in [2.24, 2.45) is 17.8 Å². The van der Waals surface area contributed by atoms with Crippen LogP contribution < -0.4 is 5.32 Å². The number of carbonyl (C=O) groups is 1. The largest absolute Gasteiger partial charge is 0.342 e. The quantitative estimate of drug-likeness (QED) is 0.842. The van der Waals surface area contributed by atoms with Crippen LogP contribution >= 0.6 is 12.4 Å². The third-order valence-corrected chi connectivity index (χ3v) is 4.90. The van der Waals surface area contributed by atoms with Crippen molar-refractivity contribution < 1.29 is 4.79 Å². The highest BCUT2D eigenvalue weighted by atomic mass is 35.5. The van der Waals surface area contributed by atoms with Gasteiger partial charge in [0, 0.05) is 19.5 Å². The molecule has 2 rings (SSSR count). The molecule has 1 unspecified atom stereocenters. The first-order valence-corrected chi connectivity index (χ1v) is 8.63. The summed E-state index contributed by atoms with van der Waals surface area (Å²) in [6.07, 6.45) is 8.18. The van der Waals surface area contributed by atoms with Gasteiger partial charge in [-0.3, -0.25) is 4.79 Å². The first-order valence-electron chi connectivity index (χ1n) is 8.63. The van der Waals surface area contributed by atoms with Crippen LogP contribution in [0.25, 0.3) is 0 Å². The Balaban J connectivity index is 0.00000220. The van der Waals surface area contributed by atoms with Gasteiger partial charge < -0.3 is 10.2 Å². The molecule has 0 bridgehead atoms. The van der Waals surface area contributed by atoms with Crippen LogP contribution in [0.1, 0.15) is 58.8 Å². The third kappa shape index (κ3) is 6.56. The van der Waals surface area contributed by atoms with Crippen LogP contribution in [0.4, 0.5) is 0 Å². The Hall–Kier alpha value is -0.280. The minimum atomic E-state index is 0. The Bertz CT molecular complexity index is 303. The summed E-state index contributed by atoms with van der Waals surface area (Å²) in [7, 11) is 0. The highest BCUT2D eigenvalue weighted by Crippen LogP contribution is 2.24. The van der Waals surface area contributed by atoms with Gasteiger partial charge in [0.1, 0.15) is 0 Å². The maximum atomic E-state index is 12.4. The summed E-state index contributed by atoms with van der Waals surface area (Å²) in [6, 6.07) is 0. The van der Waals surface area contributed by atoms with Gasteiger partial charge in [0.15, 0.2) is 0 Å². The van der Waals surface area contributed by atoms with E-state index in [1.807, 2.05) is 0 Å². The molecule has 2 fully saturated rings. The Morgan fingerprint density at radius 2 is 1.90 bits per heavy atom. The summed E-state index contributed by atoms with van der Waals surface area (Å²) in [5, 5.41) is 3.39. The van der Waals surface area contributed by atoms with E-state index in [-0.39, 0.29) is 12.4 Å². The molecule has 3 nitrogen and oxygen atoms in total. The van der Waals surface area contributed by atoms with Gasteiger partial charge in [0.25, 0.3) is 0 Å². The van der Waals surface area contributed by atoms with Crippen molar-refractivity contribution in [2.45, 2.75) is 58.8 Å². The molecular formula is C17H33ClN2O. The molecule has 2 aliphatic rings. The average Bonchev–Trinajstić information content (AvgIpc) is 2.45. The van der Waals surface area contributed by atoms with Crippen LogP contribution in [0.5, 0.6) is 0 Å². The number of nitrogens with zero attached hydrogens (tertiary/aromatic N) is 1.